The zero-order valence-corrected chi connectivity index (χ0v) is 21.3. The zero-order valence-electron chi connectivity index (χ0n) is 20.5. The fourth-order valence-electron chi connectivity index (χ4n) is 4.92. The minimum atomic E-state index is -0.147. The number of aliphatic hydroxyl groups is 1. The number of thiophene rings is 1. The summed E-state index contributed by atoms with van der Waals surface area (Å²) in [6, 6.07) is 5.89. The maximum Gasteiger partial charge on any atom is 0.228 e. The zero-order chi connectivity index (χ0) is 25.0. The van der Waals surface area contributed by atoms with Crippen LogP contribution in [0.1, 0.15) is 37.4 Å². The van der Waals surface area contributed by atoms with Crippen LogP contribution in [0, 0.1) is 5.92 Å². The molecular formula is C27H32N6O2S. The molecule has 36 heavy (non-hydrogen) atoms. The van der Waals surface area contributed by atoms with E-state index in [2.05, 4.69) is 57.1 Å². The third-order valence-corrected chi connectivity index (χ3v) is 7.81. The number of anilines is 2. The summed E-state index contributed by atoms with van der Waals surface area (Å²) in [6.07, 6.45) is 13.1. The molecule has 2 aliphatic rings. The molecule has 1 aliphatic heterocycles. The Hall–Kier alpha value is -3.30. The second-order valence-corrected chi connectivity index (χ2v) is 10.4. The molecule has 3 aromatic heterocycles. The van der Waals surface area contributed by atoms with Crippen LogP contribution in [0.2, 0.25) is 0 Å². The summed E-state index contributed by atoms with van der Waals surface area (Å²) in [7, 11) is 0. The van der Waals surface area contributed by atoms with E-state index in [4.69, 9.17) is 15.1 Å². The van der Waals surface area contributed by atoms with E-state index in [1.165, 1.54) is 5.56 Å². The molecule has 3 aromatic rings. The van der Waals surface area contributed by atoms with Gasteiger partial charge in [-0.05, 0) is 42.3 Å². The first-order valence-electron chi connectivity index (χ1n) is 12.5. The molecule has 0 aromatic carbocycles. The monoisotopic (exact) mass is 504 g/mol. The van der Waals surface area contributed by atoms with E-state index in [0.29, 0.717) is 19.0 Å². The molecule has 1 unspecified atom stereocenters. The van der Waals surface area contributed by atoms with Gasteiger partial charge in [-0.15, -0.1) is 11.3 Å². The first-order valence-corrected chi connectivity index (χ1v) is 13.4. The number of hydrogen-bond donors (Lipinski definition) is 3. The predicted molar refractivity (Wildman–Crippen MR) is 144 cm³/mol. The Balaban J connectivity index is 1.49. The Labute approximate surface area is 215 Å². The molecule has 0 bridgehead atoms. The van der Waals surface area contributed by atoms with Crippen molar-refractivity contribution in [2.75, 3.05) is 36.5 Å². The molecular weight excluding hydrogens is 472 g/mol. The SMILES string of the molecule is CC1(c2csc3nc(N4CCC[C@@H](C(=O)NCCO)C4)nc(NCc4ccccn4)c23)C=CC=CC1. The van der Waals surface area contributed by atoms with Crippen molar-refractivity contribution in [2.45, 2.75) is 38.1 Å². The summed E-state index contributed by atoms with van der Waals surface area (Å²) in [6.45, 7) is 4.40. The van der Waals surface area contributed by atoms with Crippen LogP contribution in [0.3, 0.4) is 0 Å². The van der Waals surface area contributed by atoms with Crippen molar-refractivity contribution in [2.24, 2.45) is 5.92 Å². The molecule has 188 valence electrons. The van der Waals surface area contributed by atoms with Crippen LogP contribution in [-0.4, -0.2) is 52.2 Å². The molecule has 9 heteroatoms. The van der Waals surface area contributed by atoms with Crippen molar-refractivity contribution >= 4 is 39.2 Å². The molecule has 3 N–H and O–H groups in total. The van der Waals surface area contributed by atoms with Gasteiger partial charge in [0.25, 0.3) is 0 Å². The standard InChI is InChI=1S/C27H32N6O2S/c1-27(10-4-2-5-11-27)21-18-36-25-22(21)23(30-16-20-9-3-6-12-28-20)31-26(32-25)33-14-7-8-19(17-33)24(35)29-13-15-34/h2-6,9-10,12,18-19,34H,7-8,11,13-17H2,1H3,(H,29,35)(H,30,31,32)/t19-,27?/m1/s1. The number of amides is 1. The van der Waals surface area contributed by atoms with Crippen LogP contribution in [0.15, 0.2) is 54.1 Å². The van der Waals surface area contributed by atoms with Gasteiger partial charge in [0.05, 0.1) is 30.1 Å². The molecule has 2 atom stereocenters. The number of hydrogen-bond acceptors (Lipinski definition) is 8. The number of nitrogens with one attached hydrogen (secondary N) is 2. The third-order valence-electron chi connectivity index (χ3n) is 6.94. The fraction of sp³-hybridized carbons (Fsp3) is 0.407. The van der Waals surface area contributed by atoms with Crippen molar-refractivity contribution in [1.29, 1.82) is 0 Å². The van der Waals surface area contributed by atoms with E-state index < -0.39 is 0 Å². The minimum Gasteiger partial charge on any atom is -0.395 e. The Morgan fingerprint density at radius 3 is 3.00 bits per heavy atom. The van der Waals surface area contributed by atoms with Gasteiger partial charge in [0.15, 0.2) is 0 Å². The Morgan fingerprint density at radius 1 is 1.31 bits per heavy atom. The van der Waals surface area contributed by atoms with Crippen LogP contribution in [0.4, 0.5) is 11.8 Å². The number of aliphatic hydroxyl groups excluding tert-OH is 1. The van der Waals surface area contributed by atoms with Gasteiger partial charge in [0.2, 0.25) is 11.9 Å². The highest BCUT2D eigenvalue weighted by molar-refractivity contribution is 7.17. The first-order chi connectivity index (χ1) is 17.6. The highest BCUT2D eigenvalue weighted by Gasteiger charge is 2.31. The van der Waals surface area contributed by atoms with E-state index >= 15 is 0 Å². The number of pyridine rings is 1. The molecule has 4 heterocycles. The highest BCUT2D eigenvalue weighted by Crippen LogP contribution is 2.42. The Morgan fingerprint density at radius 2 is 2.22 bits per heavy atom. The average molecular weight is 505 g/mol. The molecule has 0 saturated carbocycles. The van der Waals surface area contributed by atoms with Gasteiger partial charge >= 0.3 is 0 Å². The normalized spacial score (nSPS) is 21.6. The summed E-state index contributed by atoms with van der Waals surface area (Å²) in [5.74, 6) is 1.27. The largest absolute Gasteiger partial charge is 0.395 e. The summed E-state index contributed by atoms with van der Waals surface area (Å²) in [5.41, 5.74) is 2.03. The number of allylic oxidation sites excluding steroid dienone is 4. The lowest BCUT2D eigenvalue weighted by atomic mass is 9.77. The number of carbonyl (C=O) groups is 1. The van der Waals surface area contributed by atoms with Crippen molar-refractivity contribution in [3.8, 4) is 0 Å². The summed E-state index contributed by atoms with van der Waals surface area (Å²) in [4.78, 5) is 30.1. The van der Waals surface area contributed by atoms with Gasteiger partial charge in [-0.1, -0.05) is 37.3 Å². The topological polar surface area (TPSA) is 103 Å². The van der Waals surface area contributed by atoms with Gasteiger partial charge < -0.3 is 20.6 Å². The first kappa shape index (κ1) is 24.4. The molecule has 0 spiro atoms. The van der Waals surface area contributed by atoms with Crippen LogP contribution >= 0.6 is 11.3 Å². The van der Waals surface area contributed by atoms with Crippen LogP contribution in [0.5, 0.6) is 0 Å². The molecule has 1 amide bonds. The predicted octanol–water partition coefficient (Wildman–Crippen LogP) is 3.80. The number of nitrogens with zero attached hydrogens (tertiary/aromatic N) is 4. The van der Waals surface area contributed by atoms with E-state index in [-0.39, 0.29) is 30.4 Å². The Kier molecular flexibility index (Phi) is 7.29. The highest BCUT2D eigenvalue weighted by atomic mass is 32.1. The lowest BCUT2D eigenvalue weighted by molar-refractivity contribution is -0.125. The quantitative estimate of drug-likeness (QED) is 0.429. The van der Waals surface area contributed by atoms with E-state index in [1.54, 1.807) is 17.5 Å². The number of piperidine rings is 1. The van der Waals surface area contributed by atoms with Crippen molar-refractivity contribution < 1.29 is 9.90 Å². The third kappa shape index (κ3) is 5.12. The van der Waals surface area contributed by atoms with Gasteiger partial charge in [-0.3, -0.25) is 9.78 Å². The van der Waals surface area contributed by atoms with Gasteiger partial charge in [0, 0.05) is 31.2 Å². The molecule has 8 nitrogen and oxygen atoms in total. The fourth-order valence-corrected chi connectivity index (χ4v) is 6.00. The number of aromatic nitrogens is 3. The number of carbonyl (C=O) groups excluding carboxylic acids is 1. The van der Waals surface area contributed by atoms with Gasteiger partial charge in [-0.25, -0.2) is 4.98 Å². The smallest absolute Gasteiger partial charge is 0.228 e. The summed E-state index contributed by atoms with van der Waals surface area (Å²) < 4.78 is 0. The lowest BCUT2D eigenvalue weighted by Crippen LogP contribution is -2.44. The molecule has 1 aliphatic carbocycles. The minimum absolute atomic E-state index is 0.0215. The lowest BCUT2D eigenvalue weighted by Gasteiger charge is -2.32. The summed E-state index contributed by atoms with van der Waals surface area (Å²) in [5, 5.41) is 18.7. The molecule has 1 saturated heterocycles. The molecule has 1 fully saturated rings. The van der Waals surface area contributed by atoms with Crippen LogP contribution in [0.25, 0.3) is 10.2 Å². The Bertz CT molecular complexity index is 1270. The van der Waals surface area contributed by atoms with Crippen molar-refractivity contribution in [1.82, 2.24) is 20.3 Å². The van der Waals surface area contributed by atoms with E-state index in [9.17, 15) is 4.79 Å². The van der Waals surface area contributed by atoms with E-state index in [1.807, 2.05) is 18.2 Å². The van der Waals surface area contributed by atoms with Crippen LogP contribution < -0.4 is 15.5 Å². The average Bonchev–Trinajstić information content (AvgIpc) is 3.37. The van der Waals surface area contributed by atoms with Crippen molar-refractivity contribution in [3.63, 3.8) is 0 Å². The second-order valence-electron chi connectivity index (χ2n) is 9.59. The number of rotatable bonds is 8. The van der Waals surface area contributed by atoms with Gasteiger partial charge in [-0.2, -0.15) is 4.98 Å². The van der Waals surface area contributed by atoms with Gasteiger partial charge in [0.1, 0.15) is 10.6 Å². The van der Waals surface area contributed by atoms with Crippen LogP contribution in [-0.2, 0) is 16.8 Å². The maximum absolute atomic E-state index is 12.6. The maximum atomic E-state index is 12.6. The van der Waals surface area contributed by atoms with E-state index in [0.717, 1.165) is 47.5 Å². The summed E-state index contributed by atoms with van der Waals surface area (Å²) >= 11 is 1.64. The van der Waals surface area contributed by atoms with Crippen molar-refractivity contribution in [3.05, 3.63) is 65.3 Å². The second kappa shape index (κ2) is 10.8. The molecule has 0 radical (unpaired) electrons. The molecule has 5 rings (SSSR count). The number of fused-ring (bicyclic) bond motifs is 1.